The molecule has 116 valence electrons. The topological polar surface area (TPSA) is 38.3 Å². The number of ether oxygens (including phenoxy) is 1. The Bertz CT molecular complexity index is 644. The molecule has 0 aliphatic rings. The molecule has 3 nitrogen and oxygen atoms in total. The minimum absolute atomic E-state index is 0.0817. The molecule has 22 heavy (non-hydrogen) atoms. The molecule has 2 rings (SSSR count). The molecule has 2 aromatic carbocycles. The summed E-state index contributed by atoms with van der Waals surface area (Å²) in [6, 6.07) is 12.5. The number of methoxy groups -OCH3 is 1. The lowest BCUT2D eigenvalue weighted by Crippen LogP contribution is -2.24. The number of carbonyl (C=O) groups excluding carboxylic acids is 1. The molecule has 0 aliphatic carbocycles. The molecule has 0 heterocycles. The van der Waals surface area contributed by atoms with Crippen LogP contribution in [0.5, 0.6) is 5.75 Å². The maximum Gasteiger partial charge on any atom is 0.230 e. The van der Waals surface area contributed by atoms with Crippen LogP contribution in [0.3, 0.4) is 0 Å². The minimum Gasteiger partial charge on any atom is -0.497 e. The van der Waals surface area contributed by atoms with Crippen LogP contribution in [-0.4, -0.2) is 18.8 Å². The van der Waals surface area contributed by atoms with Gasteiger partial charge in [0.25, 0.3) is 0 Å². The van der Waals surface area contributed by atoms with Gasteiger partial charge in [0.15, 0.2) is 0 Å². The van der Waals surface area contributed by atoms with Gasteiger partial charge in [0.05, 0.1) is 12.9 Å². The largest absolute Gasteiger partial charge is 0.497 e. The van der Waals surface area contributed by atoms with Gasteiger partial charge in [0.2, 0.25) is 5.91 Å². The summed E-state index contributed by atoms with van der Waals surface area (Å²) in [6.07, 6.45) is 0. The predicted octanol–water partition coefficient (Wildman–Crippen LogP) is 3.55. The van der Waals surface area contributed by atoms with Crippen LogP contribution in [0, 0.1) is 12.7 Å². The molecule has 1 amide bonds. The molecule has 0 spiro atoms. The van der Waals surface area contributed by atoms with Crippen LogP contribution in [0.2, 0.25) is 0 Å². The van der Waals surface area contributed by atoms with Crippen molar-refractivity contribution in [2.45, 2.75) is 18.4 Å². The van der Waals surface area contributed by atoms with Gasteiger partial charge in [-0.1, -0.05) is 12.1 Å². The first kappa shape index (κ1) is 16.4. The summed E-state index contributed by atoms with van der Waals surface area (Å²) in [4.78, 5) is 12.8. The lowest BCUT2D eigenvalue weighted by molar-refractivity contribution is -0.118. The number of thioether (sulfide) groups is 1. The first-order chi connectivity index (χ1) is 10.6. The second kappa shape index (κ2) is 7.84. The Morgan fingerprint density at radius 3 is 2.59 bits per heavy atom. The van der Waals surface area contributed by atoms with Crippen LogP contribution in [-0.2, 0) is 11.3 Å². The zero-order valence-electron chi connectivity index (χ0n) is 12.6. The van der Waals surface area contributed by atoms with Gasteiger partial charge in [0.1, 0.15) is 11.6 Å². The Labute approximate surface area is 133 Å². The van der Waals surface area contributed by atoms with Crippen LogP contribution in [0.1, 0.15) is 11.1 Å². The first-order valence-electron chi connectivity index (χ1n) is 6.87. The second-order valence-corrected chi connectivity index (χ2v) is 5.87. The average molecular weight is 319 g/mol. The van der Waals surface area contributed by atoms with E-state index in [0.29, 0.717) is 17.9 Å². The van der Waals surface area contributed by atoms with Crippen molar-refractivity contribution in [3.8, 4) is 5.75 Å². The van der Waals surface area contributed by atoms with E-state index in [1.165, 1.54) is 17.8 Å². The van der Waals surface area contributed by atoms with Gasteiger partial charge >= 0.3 is 0 Å². The Morgan fingerprint density at radius 2 is 1.95 bits per heavy atom. The number of nitrogens with one attached hydrogen (secondary N) is 1. The molecule has 0 fully saturated rings. The number of halogens is 1. The highest BCUT2D eigenvalue weighted by Crippen LogP contribution is 2.21. The normalized spacial score (nSPS) is 10.3. The summed E-state index contributed by atoms with van der Waals surface area (Å²) in [7, 11) is 1.61. The third-order valence-electron chi connectivity index (χ3n) is 3.16. The van der Waals surface area contributed by atoms with Crippen LogP contribution in [0.25, 0.3) is 0 Å². The van der Waals surface area contributed by atoms with E-state index >= 15 is 0 Å². The van der Waals surface area contributed by atoms with Gasteiger partial charge in [-0.2, -0.15) is 0 Å². The van der Waals surface area contributed by atoms with E-state index in [9.17, 15) is 9.18 Å². The fraction of sp³-hybridized carbons (Fsp3) is 0.235. The van der Waals surface area contributed by atoms with E-state index < -0.39 is 0 Å². The molecule has 0 saturated carbocycles. The van der Waals surface area contributed by atoms with Gasteiger partial charge in [-0.05, 0) is 48.4 Å². The van der Waals surface area contributed by atoms with Crippen molar-refractivity contribution < 1.29 is 13.9 Å². The average Bonchev–Trinajstić information content (AvgIpc) is 2.54. The summed E-state index contributed by atoms with van der Waals surface area (Å²) in [6.45, 7) is 2.04. The highest BCUT2D eigenvalue weighted by molar-refractivity contribution is 8.00. The maximum absolute atomic E-state index is 13.4. The Hall–Kier alpha value is -2.01. The van der Waals surface area contributed by atoms with Gasteiger partial charge in [0, 0.05) is 11.4 Å². The molecule has 0 unspecified atom stereocenters. The second-order valence-electron chi connectivity index (χ2n) is 4.82. The molecule has 0 saturated heterocycles. The minimum atomic E-state index is -0.251. The number of hydrogen-bond donors (Lipinski definition) is 1. The maximum atomic E-state index is 13.4. The summed E-state index contributed by atoms with van der Waals surface area (Å²) in [5.74, 6) is 0.775. The van der Waals surface area contributed by atoms with Gasteiger partial charge in [-0.3, -0.25) is 4.79 Å². The fourth-order valence-corrected chi connectivity index (χ4v) is 2.55. The van der Waals surface area contributed by atoms with Gasteiger partial charge < -0.3 is 10.1 Å². The number of aryl methyl sites for hydroxylation is 1. The monoisotopic (exact) mass is 319 g/mol. The smallest absolute Gasteiger partial charge is 0.230 e. The number of hydrogen-bond acceptors (Lipinski definition) is 3. The number of rotatable bonds is 6. The van der Waals surface area contributed by atoms with Crippen molar-refractivity contribution in [3.05, 3.63) is 59.4 Å². The third-order valence-corrected chi connectivity index (χ3v) is 4.17. The van der Waals surface area contributed by atoms with Crippen molar-refractivity contribution in [2.75, 3.05) is 12.9 Å². The highest BCUT2D eigenvalue weighted by Gasteiger charge is 2.05. The molecule has 0 atom stereocenters. The lowest BCUT2D eigenvalue weighted by atomic mass is 10.1. The van der Waals surface area contributed by atoms with Gasteiger partial charge in [-0.25, -0.2) is 4.39 Å². The van der Waals surface area contributed by atoms with Crippen LogP contribution in [0.4, 0.5) is 4.39 Å². The van der Waals surface area contributed by atoms with Crippen LogP contribution < -0.4 is 10.1 Å². The Morgan fingerprint density at radius 1 is 1.23 bits per heavy atom. The first-order valence-corrected chi connectivity index (χ1v) is 7.85. The van der Waals surface area contributed by atoms with E-state index in [1.807, 2.05) is 30.3 Å². The van der Waals surface area contributed by atoms with Crippen LogP contribution >= 0.6 is 11.8 Å². The number of amides is 1. The van der Waals surface area contributed by atoms with Crippen molar-refractivity contribution in [3.63, 3.8) is 0 Å². The fourth-order valence-electron chi connectivity index (χ4n) is 1.82. The zero-order chi connectivity index (χ0) is 15.9. The summed E-state index contributed by atoms with van der Waals surface area (Å²) in [5.41, 5.74) is 1.36. The standard InChI is InChI=1S/C17H18FNO2S/c1-12-3-4-13(9-16(12)18)10-19-17(20)11-22-15-7-5-14(21-2)6-8-15/h3-9H,10-11H2,1-2H3,(H,19,20). The Kier molecular flexibility index (Phi) is 5.83. The Balaban J connectivity index is 1.78. The van der Waals surface area contributed by atoms with Crippen LogP contribution in [0.15, 0.2) is 47.4 Å². The molecule has 1 N–H and O–H groups in total. The SMILES string of the molecule is COc1ccc(SCC(=O)NCc2ccc(C)c(F)c2)cc1. The van der Waals surface area contributed by atoms with Crippen molar-refractivity contribution in [2.24, 2.45) is 0 Å². The summed E-state index contributed by atoms with van der Waals surface area (Å²) >= 11 is 1.45. The molecule has 0 bridgehead atoms. The van der Waals surface area contributed by atoms with Gasteiger partial charge in [-0.15, -0.1) is 11.8 Å². The highest BCUT2D eigenvalue weighted by atomic mass is 32.2. The zero-order valence-corrected chi connectivity index (χ0v) is 13.4. The summed E-state index contributed by atoms with van der Waals surface area (Å²) < 4.78 is 18.5. The third kappa shape index (κ3) is 4.77. The molecule has 5 heteroatoms. The molecular weight excluding hydrogens is 301 g/mol. The van der Waals surface area contributed by atoms with Crippen molar-refractivity contribution in [1.29, 1.82) is 0 Å². The molecule has 2 aromatic rings. The molecular formula is C17H18FNO2S. The lowest BCUT2D eigenvalue weighted by Gasteiger charge is -2.07. The van der Waals surface area contributed by atoms with E-state index in [0.717, 1.165) is 16.2 Å². The predicted molar refractivity (Wildman–Crippen MR) is 86.7 cm³/mol. The van der Waals surface area contributed by atoms with E-state index in [-0.39, 0.29) is 11.7 Å². The van der Waals surface area contributed by atoms with E-state index in [1.54, 1.807) is 20.1 Å². The van der Waals surface area contributed by atoms with E-state index in [2.05, 4.69) is 5.32 Å². The number of carbonyl (C=O) groups is 1. The van der Waals surface area contributed by atoms with Crippen molar-refractivity contribution in [1.82, 2.24) is 5.32 Å². The molecule has 0 radical (unpaired) electrons. The number of benzene rings is 2. The summed E-state index contributed by atoms with van der Waals surface area (Å²) in [5, 5.41) is 2.79. The van der Waals surface area contributed by atoms with Crippen molar-refractivity contribution >= 4 is 17.7 Å². The quantitative estimate of drug-likeness (QED) is 0.828. The molecule has 0 aromatic heterocycles. The van der Waals surface area contributed by atoms with E-state index in [4.69, 9.17) is 4.74 Å². The molecule has 0 aliphatic heterocycles.